The zero-order valence-corrected chi connectivity index (χ0v) is 19.9. The third kappa shape index (κ3) is 6.13. The molecule has 0 atom stereocenters. The summed E-state index contributed by atoms with van der Waals surface area (Å²) >= 11 is 1.78. The van der Waals surface area contributed by atoms with Crippen LogP contribution in [0.1, 0.15) is 41.5 Å². The zero-order chi connectivity index (χ0) is 22.6. The molecule has 2 rings (SSSR count). The van der Waals surface area contributed by atoms with E-state index in [9.17, 15) is 13.2 Å². The Kier molecular flexibility index (Phi) is 8.65. The maximum Gasteiger partial charge on any atom is 0.485 e. The molecule has 0 aliphatic carbocycles. The second-order valence-electron chi connectivity index (χ2n) is 7.60. The SMILES string of the molecule is CC(C)[Si](Oc1cc[s+]c2ccccc12)(C(C)C)C(C)C.O=S(=O)([O-])C(F)(F)F. The molecule has 1 heterocycles. The van der Waals surface area contributed by atoms with Gasteiger partial charge in [0, 0.05) is 12.1 Å². The van der Waals surface area contributed by atoms with Crippen LogP contribution < -0.4 is 4.43 Å². The number of fused-ring (bicyclic) bond motifs is 1. The Labute approximate surface area is 175 Å². The Morgan fingerprint density at radius 1 is 0.966 bits per heavy atom. The molecule has 29 heavy (non-hydrogen) atoms. The fourth-order valence-corrected chi connectivity index (χ4v) is 9.72. The van der Waals surface area contributed by atoms with Gasteiger partial charge in [0.1, 0.15) is 5.75 Å². The molecule has 0 aliphatic rings. The van der Waals surface area contributed by atoms with E-state index in [2.05, 4.69) is 77.3 Å². The lowest BCUT2D eigenvalue weighted by Gasteiger charge is -2.42. The highest BCUT2D eigenvalue weighted by atomic mass is 32.2. The number of rotatable bonds is 5. The number of alkyl halides is 3. The molecule has 0 saturated carbocycles. The van der Waals surface area contributed by atoms with Crippen LogP contribution in [0.25, 0.3) is 10.1 Å². The van der Waals surface area contributed by atoms with E-state index >= 15 is 0 Å². The number of benzene rings is 1. The van der Waals surface area contributed by atoms with E-state index in [4.69, 9.17) is 17.4 Å². The van der Waals surface area contributed by atoms with Gasteiger partial charge in [0.25, 0.3) is 8.32 Å². The van der Waals surface area contributed by atoms with Gasteiger partial charge in [0.05, 0.1) is 5.39 Å². The lowest BCUT2D eigenvalue weighted by atomic mass is 10.2. The quantitative estimate of drug-likeness (QED) is 0.210. The van der Waals surface area contributed by atoms with Crippen LogP contribution in [-0.2, 0) is 10.1 Å². The van der Waals surface area contributed by atoms with Crippen LogP contribution >= 0.6 is 11.3 Å². The molecule has 0 fully saturated rings. The fraction of sp³-hybridized carbons (Fsp3) is 0.526. The normalized spacial score (nSPS) is 13.0. The molecule has 0 N–H and O–H groups in total. The lowest BCUT2D eigenvalue weighted by Crippen LogP contribution is -2.50. The Bertz CT molecular complexity index is 886. The highest BCUT2D eigenvalue weighted by Gasteiger charge is 2.47. The summed E-state index contributed by atoms with van der Waals surface area (Å²) in [6.45, 7) is 14.0. The second-order valence-corrected chi connectivity index (χ2v) is 15.3. The summed E-state index contributed by atoms with van der Waals surface area (Å²) in [6, 6.07) is 10.7. The van der Waals surface area contributed by atoms with E-state index in [0.29, 0.717) is 16.6 Å². The number of hydrogen-bond donors (Lipinski definition) is 0. The average molecular weight is 469 g/mol. The van der Waals surface area contributed by atoms with Crippen LogP contribution in [0.3, 0.4) is 0 Å². The maximum absolute atomic E-state index is 10.7. The molecule has 0 amide bonds. The lowest BCUT2D eigenvalue weighted by molar-refractivity contribution is -0.0517. The van der Waals surface area contributed by atoms with Crippen molar-refractivity contribution in [2.75, 3.05) is 0 Å². The van der Waals surface area contributed by atoms with E-state index in [1.807, 2.05) is 0 Å². The smallest absolute Gasteiger partial charge is 0.485 e. The van der Waals surface area contributed by atoms with Gasteiger partial charge >= 0.3 is 5.51 Å². The van der Waals surface area contributed by atoms with Crippen LogP contribution in [0, 0.1) is 0 Å². The number of halogens is 3. The van der Waals surface area contributed by atoms with E-state index in [1.54, 1.807) is 11.3 Å². The fourth-order valence-electron chi connectivity index (χ4n) is 3.66. The van der Waals surface area contributed by atoms with E-state index in [1.165, 1.54) is 10.1 Å². The van der Waals surface area contributed by atoms with E-state index < -0.39 is 23.9 Å². The summed E-state index contributed by atoms with van der Waals surface area (Å²) in [4.78, 5) is 0. The monoisotopic (exact) mass is 468 g/mol. The Morgan fingerprint density at radius 2 is 1.41 bits per heavy atom. The van der Waals surface area contributed by atoms with Gasteiger partial charge in [-0.15, -0.1) is 0 Å². The molecule has 4 nitrogen and oxygen atoms in total. The zero-order valence-electron chi connectivity index (χ0n) is 17.3. The van der Waals surface area contributed by atoms with Gasteiger partial charge in [-0.2, -0.15) is 13.2 Å². The van der Waals surface area contributed by atoms with Crippen molar-refractivity contribution in [2.24, 2.45) is 0 Å². The van der Waals surface area contributed by atoms with Gasteiger partial charge in [-0.3, -0.25) is 0 Å². The molecule has 0 aliphatic heterocycles. The van der Waals surface area contributed by atoms with Crippen molar-refractivity contribution in [3.63, 3.8) is 0 Å². The molecule has 2 aromatic rings. The first-order valence-electron chi connectivity index (χ1n) is 9.15. The van der Waals surface area contributed by atoms with Gasteiger partial charge in [0.2, 0.25) is 16.0 Å². The van der Waals surface area contributed by atoms with Crippen LogP contribution in [0.2, 0.25) is 16.6 Å². The molecule has 1 aromatic heterocycles. The van der Waals surface area contributed by atoms with Gasteiger partial charge in [0.15, 0.2) is 15.5 Å². The van der Waals surface area contributed by atoms with Crippen molar-refractivity contribution >= 4 is 39.9 Å². The summed E-state index contributed by atoms with van der Waals surface area (Å²) in [5.41, 5.74) is -3.85. The first-order valence-corrected chi connectivity index (χ1v) is 13.6. The molecule has 0 bridgehead atoms. The van der Waals surface area contributed by atoms with E-state index in [0.717, 1.165) is 5.75 Å². The van der Waals surface area contributed by atoms with Gasteiger partial charge in [-0.25, -0.2) is 8.42 Å². The molecule has 0 unspecified atom stereocenters. The first kappa shape index (κ1) is 25.8. The van der Waals surface area contributed by atoms with Crippen LogP contribution in [-0.4, -0.2) is 26.8 Å². The maximum atomic E-state index is 10.7. The topological polar surface area (TPSA) is 66.4 Å². The third-order valence-electron chi connectivity index (χ3n) is 4.84. The van der Waals surface area contributed by atoms with Crippen LogP contribution in [0.5, 0.6) is 5.75 Å². The standard InChI is InChI=1S/C18H27OSSi.CHF3O3S/c1-13(2)21(14(3)4,15(5)6)19-17-11-12-20-18-10-8-7-9-16(17)18;2-1(3,4)8(5,6)7/h7-15H,1-6H3;(H,5,6,7)/q+1;/p-1. The molecule has 0 spiro atoms. The minimum Gasteiger partial charge on any atom is -0.741 e. The summed E-state index contributed by atoms with van der Waals surface area (Å²) in [6.07, 6.45) is 0. The Morgan fingerprint density at radius 3 is 1.83 bits per heavy atom. The second kappa shape index (κ2) is 9.72. The minimum absolute atomic E-state index is 0.597. The molecule has 10 heteroatoms. The van der Waals surface area contributed by atoms with Crippen molar-refractivity contribution in [3.05, 3.63) is 35.7 Å². The predicted octanol–water partition coefficient (Wildman–Crippen LogP) is 6.79. The molecule has 164 valence electrons. The van der Waals surface area contributed by atoms with Gasteiger partial charge < -0.3 is 8.98 Å². The van der Waals surface area contributed by atoms with Crippen molar-refractivity contribution < 1.29 is 30.6 Å². The van der Waals surface area contributed by atoms with Crippen molar-refractivity contribution in [1.29, 1.82) is 0 Å². The highest BCUT2D eigenvalue weighted by molar-refractivity contribution is 7.86. The molecule has 1 aromatic carbocycles. The highest BCUT2D eigenvalue weighted by Crippen LogP contribution is 2.44. The third-order valence-corrected chi connectivity index (χ3v) is 12.3. The number of hydrogen-bond acceptors (Lipinski definition) is 4. The van der Waals surface area contributed by atoms with Crippen LogP contribution in [0.15, 0.2) is 35.7 Å². The molecular weight excluding hydrogens is 441 g/mol. The average Bonchev–Trinajstić information content (AvgIpc) is 2.57. The molecule has 0 radical (unpaired) electrons. The summed E-state index contributed by atoms with van der Waals surface area (Å²) in [5.74, 6) is 1.08. The summed E-state index contributed by atoms with van der Waals surface area (Å²) < 4.78 is 67.0. The van der Waals surface area contributed by atoms with Gasteiger partial charge in [-0.1, -0.05) is 53.7 Å². The van der Waals surface area contributed by atoms with Crippen LogP contribution in [0.4, 0.5) is 13.2 Å². The largest absolute Gasteiger partial charge is 0.741 e. The Balaban J connectivity index is 0.000000447. The van der Waals surface area contributed by atoms with Crippen molar-refractivity contribution in [3.8, 4) is 5.75 Å². The van der Waals surface area contributed by atoms with E-state index in [-0.39, 0.29) is 0 Å². The molecule has 0 saturated heterocycles. The minimum atomic E-state index is -6.09. The predicted molar refractivity (Wildman–Crippen MR) is 114 cm³/mol. The Hall–Kier alpha value is -1.23. The summed E-state index contributed by atoms with van der Waals surface area (Å²) in [5, 5.41) is 3.40. The van der Waals surface area contributed by atoms with Gasteiger partial charge in [-0.05, 0) is 22.7 Å². The van der Waals surface area contributed by atoms with Crippen molar-refractivity contribution in [2.45, 2.75) is 63.7 Å². The first-order chi connectivity index (χ1) is 13.1. The molecular formula is C19H27F3O4S2Si. The summed E-state index contributed by atoms with van der Waals surface area (Å²) in [7, 11) is -7.97. The van der Waals surface area contributed by atoms with Crippen molar-refractivity contribution in [1.82, 2.24) is 0 Å².